The minimum atomic E-state index is 0.361. The van der Waals surface area contributed by atoms with Crippen LogP contribution >= 0.6 is 23.2 Å². The standard InChI is InChI=1S/C14H18Cl2N2O/c15-8-10-7-14(17-9-11(10)16)18-5-6-19-13-4-2-1-3-12(13)18/h7,9,12-13H,1-6,8H2. The number of morpholine rings is 1. The number of aromatic nitrogens is 1. The van der Waals surface area contributed by atoms with Crippen molar-refractivity contribution in [1.29, 1.82) is 0 Å². The number of fused-ring (bicyclic) bond motifs is 1. The van der Waals surface area contributed by atoms with E-state index in [9.17, 15) is 0 Å². The van der Waals surface area contributed by atoms with E-state index in [0.717, 1.165) is 31.0 Å². The number of alkyl halides is 1. The molecule has 0 spiro atoms. The van der Waals surface area contributed by atoms with E-state index in [4.69, 9.17) is 27.9 Å². The van der Waals surface area contributed by atoms with Gasteiger partial charge in [-0.25, -0.2) is 4.98 Å². The average Bonchev–Trinajstić information content (AvgIpc) is 2.47. The quantitative estimate of drug-likeness (QED) is 0.780. The summed E-state index contributed by atoms with van der Waals surface area (Å²) in [6.07, 6.45) is 6.97. The number of nitrogens with zero attached hydrogens (tertiary/aromatic N) is 2. The maximum Gasteiger partial charge on any atom is 0.129 e. The fourth-order valence-electron chi connectivity index (χ4n) is 3.11. The van der Waals surface area contributed by atoms with Crippen molar-refractivity contribution in [3.8, 4) is 0 Å². The molecule has 2 unspecified atom stereocenters. The highest BCUT2D eigenvalue weighted by molar-refractivity contribution is 6.32. The van der Waals surface area contributed by atoms with Crippen LogP contribution in [-0.4, -0.2) is 30.3 Å². The Labute approximate surface area is 123 Å². The molecule has 2 heterocycles. The zero-order valence-electron chi connectivity index (χ0n) is 10.8. The number of pyridine rings is 1. The summed E-state index contributed by atoms with van der Waals surface area (Å²) < 4.78 is 5.89. The van der Waals surface area contributed by atoms with Gasteiger partial charge in [0, 0.05) is 18.6 Å². The Bertz CT molecular complexity index is 453. The third-order valence-corrected chi connectivity index (χ3v) is 4.72. The summed E-state index contributed by atoms with van der Waals surface area (Å²) >= 11 is 12.0. The minimum Gasteiger partial charge on any atom is -0.374 e. The molecule has 5 heteroatoms. The van der Waals surface area contributed by atoms with Crippen LogP contribution in [0.2, 0.25) is 5.02 Å². The van der Waals surface area contributed by atoms with Gasteiger partial charge >= 0.3 is 0 Å². The van der Waals surface area contributed by atoms with Gasteiger partial charge in [-0.05, 0) is 24.5 Å². The lowest BCUT2D eigenvalue weighted by atomic mass is 9.90. The van der Waals surface area contributed by atoms with Crippen LogP contribution in [0.25, 0.3) is 0 Å². The fraction of sp³-hybridized carbons (Fsp3) is 0.643. The number of hydrogen-bond acceptors (Lipinski definition) is 3. The van der Waals surface area contributed by atoms with Crippen molar-refractivity contribution in [3.63, 3.8) is 0 Å². The van der Waals surface area contributed by atoms with E-state index in [1.54, 1.807) is 6.20 Å². The van der Waals surface area contributed by atoms with Gasteiger partial charge in [-0.2, -0.15) is 0 Å². The molecule has 104 valence electrons. The molecule has 1 aromatic rings. The van der Waals surface area contributed by atoms with Crippen LogP contribution in [0, 0.1) is 0 Å². The second-order valence-electron chi connectivity index (χ2n) is 5.22. The zero-order valence-corrected chi connectivity index (χ0v) is 12.3. The molecule has 1 aliphatic carbocycles. The van der Waals surface area contributed by atoms with Crippen molar-refractivity contribution in [2.75, 3.05) is 18.1 Å². The molecule has 0 bridgehead atoms. The normalized spacial score (nSPS) is 27.2. The van der Waals surface area contributed by atoms with Crippen molar-refractivity contribution in [2.45, 2.75) is 43.7 Å². The van der Waals surface area contributed by atoms with Crippen molar-refractivity contribution >= 4 is 29.0 Å². The molecule has 0 aromatic carbocycles. The predicted molar refractivity (Wildman–Crippen MR) is 78.1 cm³/mol. The second-order valence-corrected chi connectivity index (χ2v) is 5.90. The van der Waals surface area contributed by atoms with Gasteiger partial charge in [0.2, 0.25) is 0 Å². The maximum absolute atomic E-state index is 6.08. The predicted octanol–water partition coefficient (Wildman–Crippen LogP) is 3.62. The largest absolute Gasteiger partial charge is 0.374 e. The Kier molecular flexibility index (Phi) is 4.15. The summed E-state index contributed by atoms with van der Waals surface area (Å²) in [5.41, 5.74) is 0.951. The molecular formula is C14H18Cl2N2O. The van der Waals surface area contributed by atoms with Gasteiger partial charge in [-0.1, -0.05) is 24.4 Å². The first-order valence-corrected chi connectivity index (χ1v) is 7.79. The lowest BCUT2D eigenvalue weighted by Crippen LogP contribution is -2.53. The number of ether oxygens (including phenoxy) is 1. The van der Waals surface area contributed by atoms with Crippen LogP contribution in [-0.2, 0) is 10.6 Å². The van der Waals surface area contributed by atoms with Crippen LogP contribution in [0.1, 0.15) is 31.2 Å². The number of halogens is 2. The number of anilines is 1. The smallest absolute Gasteiger partial charge is 0.129 e. The molecule has 1 aromatic heterocycles. The molecule has 1 aliphatic heterocycles. The second kappa shape index (κ2) is 5.86. The molecule has 3 rings (SSSR count). The summed E-state index contributed by atoms with van der Waals surface area (Å²) in [5, 5.41) is 0.646. The summed E-state index contributed by atoms with van der Waals surface area (Å²) in [5.74, 6) is 1.41. The first-order valence-electron chi connectivity index (χ1n) is 6.88. The Morgan fingerprint density at radius 2 is 2.21 bits per heavy atom. The molecule has 2 atom stereocenters. The summed E-state index contributed by atoms with van der Waals surface area (Å²) in [7, 11) is 0. The van der Waals surface area contributed by atoms with Crippen molar-refractivity contribution < 1.29 is 4.74 Å². The highest BCUT2D eigenvalue weighted by Gasteiger charge is 2.34. The van der Waals surface area contributed by atoms with Crippen LogP contribution in [0.5, 0.6) is 0 Å². The van der Waals surface area contributed by atoms with Gasteiger partial charge < -0.3 is 9.64 Å². The van der Waals surface area contributed by atoms with Crippen LogP contribution in [0.4, 0.5) is 5.82 Å². The SMILES string of the molecule is ClCc1cc(N2CCOC3CCCCC32)ncc1Cl. The first-order chi connectivity index (χ1) is 9.29. The van der Waals surface area contributed by atoms with Crippen molar-refractivity contribution in [3.05, 3.63) is 22.8 Å². The summed E-state index contributed by atoms with van der Waals surface area (Å²) in [6, 6.07) is 2.48. The summed E-state index contributed by atoms with van der Waals surface area (Å²) in [6.45, 7) is 1.68. The van der Waals surface area contributed by atoms with E-state index >= 15 is 0 Å². The van der Waals surface area contributed by atoms with E-state index in [0.29, 0.717) is 23.0 Å². The van der Waals surface area contributed by atoms with E-state index in [2.05, 4.69) is 9.88 Å². The molecule has 0 radical (unpaired) electrons. The van der Waals surface area contributed by atoms with E-state index in [1.165, 1.54) is 19.3 Å². The molecule has 19 heavy (non-hydrogen) atoms. The van der Waals surface area contributed by atoms with Crippen LogP contribution in [0.3, 0.4) is 0 Å². The number of rotatable bonds is 2. The van der Waals surface area contributed by atoms with E-state index < -0.39 is 0 Å². The fourth-order valence-corrected chi connectivity index (χ4v) is 3.57. The van der Waals surface area contributed by atoms with E-state index in [-0.39, 0.29) is 0 Å². The number of hydrogen-bond donors (Lipinski definition) is 0. The lowest BCUT2D eigenvalue weighted by molar-refractivity contribution is -0.00899. The molecular weight excluding hydrogens is 283 g/mol. The first kappa shape index (κ1) is 13.5. The Hall–Kier alpha value is -0.510. The summed E-state index contributed by atoms with van der Waals surface area (Å²) in [4.78, 5) is 6.86. The van der Waals surface area contributed by atoms with Crippen molar-refractivity contribution in [2.24, 2.45) is 0 Å². The molecule has 1 saturated carbocycles. The molecule has 0 N–H and O–H groups in total. The minimum absolute atomic E-state index is 0.361. The monoisotopic (exact) mass is 300 g/mol. The van der Waals surface area contributed by atoms with Gasteiger partial charge in [0.1, 0.15) is 5.82 Å². The van der Waals surface area contributed by atoms with Gasteiger partial charge in [0.15, 0.2) is 0 Å². The maximum atomic E-state index is 6.08. The van der Waals surface area contributed by atoms with E-state index in [1.807, 2.05) is 6.07 Å². The molecule has 0 amide bonds. The highest BCUT2D eigenvalue weighted by atomic mass is 35.5. The highest BCUT2D eigenvalue weighted by Crippen LogP contribution is 2.32. The van der Waals surface area contributed by atoms with Gasteiger partial charge in [0.25, 0.3) is 0 Å². The molecule has 1 saturated heterocycles. The Morgan fingerprint density at radius 1 is 1.37 bits per heavy atom. The lowest BCUT2D eigenvalue weighted by Gasteiger charge is -2.44. The van der Waals surface area contributed by atoms with Crippen LogP contribution in [0.15, 0.2) is 12.3 Å². The van der Waals surface area contributed by atoms with Gasteiger partial charge in [0.05, 0.1) is 23.8 Å². The third kappa shape index (κ3) is 2.69. The molecule has 2 aliphatic rings. The average molecular weight is 301 g/mol. The molecule has 3 nitrogen and oxygen atoms in total. The van der Waals surface area contributed by atoms with Crippen molar-refractivity contribution in [1.82, 2.24) is 4.98 Å². The molecule has 2 fully saturated rings. The Morgan fingerprint density at radius 3 is 3.05 bits per heavy atom. The Balaban J connectivity index is 1.87. The van der Waals surface area contributed by atoms with Gasteiger partial charge in [-0.15, -0.1) is 11.6 Å². The topological polar surface area (TPSA) is 25.4 Å². The van der Waals surface area contributed by atoms with Gasteiger partial charge in [-0.3, -0.25) is 0 Å². The zero-order chi connectivity index (χ0) is 13.2. The third-order valence-electron chi connectivity index (χ3n) is 4.09. The van der Waals surface area contributed by atoms with Crippen LogP contribution < -0.4 is 4.90 Å².